The van der Waals surface area contributed by atoms with Gasteiger partial charge >= 0.3 is 0 Å². The number of imidazole rings is 1. The lowest BCUT2D eigenvalue weighted by molar-refractivity contribution is 1.15. The molecule has 0 fully saturated rings. The minimum atomic E-state index is 0.913. The molecular formula is C13H12N4. The first-order valence-electron chi connectivity index (χ1n) is 5.44. The van der Waals surface area contributed by atoms with Crippen molar-refractivity contribution in [1.82, 2.24) is 14.4 Å². The van der Waals surface area contributed by atoms with Gasteiger partial charge in [-0.2, -0.15) is 0 Å². The van der Waals surface area contributed by atoms with E-state index in [2.05, 4.69) is 25.8 Å². The van der Waals surface area contributed by atoms with Crippen LogP contribution in [0.3, 0.4) is 0 Å². The van der Waals surface area contributed by atoms with Crippen LogP contribution in [-0.4, -0.2) is 21.4 Å². The van der Waals surface area contributed by atoms with Gasteiger partial charge in [0.05, 0.1) is 11.7 Å². The zero-order chi connectivity index (χ0) is 11.7. The summed E-state index contributed by atoms with van der Waals surface area (Å²) in [5.41, 5.74) is 3.16. The van der Waals surface area contributed by atoms with E-state index in [1.165, 1.54) is 0 Å². The number of hydrogen-bond donors (Lipinski definition) is 1. The fraction of sp³-hybridized carbons (Fsp3) is 0.0769. The topological polar surface area (TPSA) is 42.2 Å². The summed E-state index contributed by atoms with van der Waals surface area (Å²) in [6.07, 6.45) is 7.46. The smallest absolute Gasteiger partial charge is 0.146 e. The van der Waals surface area contributed by atoms with Gasteiger partial charge < -0.3 is 5.32 Å². The molecule has 0 saturated heterocycles. The van der Waals surface area contributed by atoms with E-state index >= 15 is 0 Å². The summed E-state index contributed by atoms with van der Waals surface area (Å²) < 4.78 is 2.05. The molecule has 0 aliphatic rings. The van der Waals surface area contributed by atoms with Gasteiger partial charge in [-0.25, -0.2) is 4.98 Å². The van der Waals surface area contributed by atoms with Crippen LogP contribution < -0.4 is 5.32 Å². The first-order valence-corrected chi connectivity index (χ1v) is 5.44. The van der Waals surface area contributed by atoms with Crippen LogP contribution >= 0.6 is 0 Å². The summed E-state index contributed by atoms with van der Waals surface area (Å²) in [5, 5.41) is 3.11. The van der Waals surface area contributed by atoms with Gasteiger partial charge in [0, 0.05) is 36.9 Å². The number of fused-ring (bicyclic) bond motifs is 1. The van der Waals surface area contributed by atoms with Crippen molar-refractivity contribution in [3.05, 3.63) is 49.1 Å². The van der Waals surface area contributed by atoms with Crippen molar-refractivity contribution in [3.63, 3.8) is 0 Å². The number of hydrogen-bond acceptors (Lipinski definition) is 3. The second-order valence-electron chi connectivity index (χ2n) is 3.78. The Labute approximate surface area is 99.0 Å². The number of rotatable bonds is 2. The van der Waals surface area contributed by atoms with E-state index in [4.69, 9.17) is 0 Å². The lowest BCUT2D eigenvalue weighted by Crippen LogP contribution is -1.92. The van der Waals surface area contributed by atoms with Gasteiger partial charge in [-0.05, 0) is 24.3 Å². The summed E-state index contributed by atoms with van der Waals surface area (Å²) in [7, 11) is 1.91. The molecule has 0 aliphatic carbocycles. The van der Waals surface area contributed by atoms with E-state index in [0.717, 1.165) is 22.6 Å². The molecule has 17 heavy (non-hydrogen) atoms. The molecule has 0 aromatic carbocycles. The summed E-state index contributed by atoms with van der Waals surface area (Å²) in [4.78, 5) is 8.55. The maximum Gasteiger partial charge on any atom is 0.146 e. The monoisotopic (exact) mass is 224 g/mol. The molecule has 3 aromatic heterocycles. The van der Waals surface area contributed by atoms with E-state index < -0.39 is 0 Å². The third-order valence-corrected chi connectivity index (χ3v) is 2.74. The average Bonchev–Trinajstić information content (AvgIpc) is 2.82. The molecule has 0 atom stereocenters. The second-order valence-corrected chi connectivity index (χ2v) is 3.78. The van der Waals surface area contributed by atoms with Crippen molar-refractivity contribution in [2.24, 2.45) is 0 Å². The van der Waals surface area contributed by atoms with Gasteiger partial charge in [0.2, 0.25) is 0 Å². The van der Waals surface area contributed by atoms with Gasteiger partial charge in [-0.3, -0.25) is 9.38 Å². The second kappa shape index (κ2) is 3.90. The Bertz CT molecular complexity index is 643. The van der Waals surface area contributed by atoms with Crippen molar-refractivity contribution in [1.29, 1.82) is 0 Å². The lowest BCUT2D eigenvalue weighted by Gasteiger charge is -2.03. The van der Waals surface area contributed by atoms with Crippen molar-refractivity contribution < 1.29 is 0 Å². The third kappa shape index (κ3) is 1.63. The molecule has 0 amide bonds. The molecule has 0 aliphatic heterocycles. The minimum absolute atomic E-state index is 0.913. The van der Waals surface area contributed by atoms with Gasteiger partial charge in [0.25, 0.3) is 0 Å². The van der Waals surface area contributed by atoms with Gasteiger partial charge in [-0.1, -0.05) is 0 Å². The van der Waals surface area contributed by atoms with Crippen molar-refractivity contribution in [2.45, 2.75) is 0 Å². The van der Waals surface area contributed by atoms with E-state index in [1.54, 1.807) is 6.20 Å². The van der Waals surface area contributed by atoms with Crippen molar-refractivity contribution in [2.75, 3.05) is 12.4 Å². The maximum absolute atomic E-state index is 4.44. The van der Waals surface area contributed by atoms with Crippen LogP contribution in [0.5, 0.6) is 0 Å². The Hall–Kier alpha value is -2.36. The number of pyridine rings is 2. The molecule has 0 spiro atoms. The Morgan fingerprint density at radius 1 is 1.24 bits per heavy atom. The van der Waals surface area contributed by atoms with Crippen LogP contribution in [0.1, 0.15) is 0 Å². The Balaban J connectivity index is 2.19. The quantitative estimate of drug-likeness (QED) is 0.727. The summed E-state index contributed by atoms with van der Waals surface area (Å²) in [5.74, 6) is 0.913. The highest BCUT2D eigenvalue weighted by atomic mass is 15.0. The molecule has 4 heteroatoms. The van der Waals surface area contributed by atoms with E-state index in [9.17, 15) is 0 Å². The number of aromatic nitrogens is 3. The number of anilines is 1. The molecule has 4 nitrogen and oxygen atoms in total. The predicted molar refractivity (Wildman–Crippen MR) is 68.0 cm³/mol. The summed E-state index contributed by atoms with van der Waals surface area (Å²) in [6.45, 7) is 0. The third-order valence-electron chi connectivity index (χ3n) is 2.74. The SMILES string of the molecule is CNc1ccn2c(-c3cccnc3)ncc2c1. The Kier molecular flexibility index (Phi) is 2.26. The zero-order valence-corrected chi connectivity index (χ0v) is 9.46. The van der Waals surface area contributed by atoms with Crippen molar-refractivity contribution in [3.8, 4) is 11.4 Å². The van der Waals surface area contributed by atoms with Crippen LogP contribution in [0, 0.1) is 0 Å². The van der Waals surface area contributed by atoms with Crippen LogP contribution in [0.15, 0.2) is 49.1 Å². The van der Waals surface area contributed by atoms with E-state index in [1.807, 2.05) is 43.8 Å². The molecule has 1 N–H and O–H groups in total. The number of nitrogens with one attached hydrogen (secondary N) is 1. The molecule has 0 radical (unpaired) electrons. The normalized spacial score (nSPS) is 10.6. The molecule has 3 heterocycles. The van der Waals surface area contributed by atoms with Gasteiger partial charge in [0.15, 0.2) is 0 Å². The molecule has 84 valence electrons. The standard InChI is InChI=1S/C13H12N4/c1-14-11-4-6-17-12(7-11)9-16-13(17)10-3-2-5-15-8-10/h2-9,14H,1H3. The molecule has 0 saturated carbocycles. The van der Waals surface area contributed by atoms with Crippen LogP contribution in [0.25, 0.3) is 16.9 Å². The predicted octanol–water partition coefficient (Wildman–Crippen LogP) is 2.44. The van der Waals surface area contributed by atoms with Crippen LogP contribution in [-0.2, 0) is 0 Å². The summed E-state index contributed by atoms with van der Waals surface area (Å²) >= 11 is 0. The Morgan fingerprint density at radius 3 is 2.94 bits per heavy atom. The first kappa shape index (κ1) is 9.84. The highest BCUT2D eigenvalue weighted by Crippen LogP contribution is 2.20. The highest BCUT2D eigenvalue weighted by Gasteiger charge is 2.05. The van der Waals surface area contributed by atoms with Crippen LogP contribution in [0.2, 0.25) is 0 Å². The maximum atomic E-state index is 4.44. The number of nitrogens with zero attached hydrogens (tertiary/aromatic N) is 3. The molecule has 3 aromatic rings. The fourth-order valence-corrected chi connectivity index (χ4v) is 1.86. The molecule has 0 bridgehead atoms. The average molecular weight is 224 g/mol. The fourth-order valence-electron chi connectivity index (χ4n) is 1.86. The van der Waals surface area contributed by atoms with Gasteiger partial charge in [-0.15, -0.1) is 0 Å². The zero-order valence-electron chi connectivity index (χ0n) is 9.46. The molecule has 3 rings (SSSR count). The van der Waals surface area contributed by atoms with Crippen LogP contribution in [0.4, 0.5) is 5.69 Å². The summed E-state index contributed by atoms with van der Waals surface area (Å²) in [6, 6.07) is 8.01. The van der Waals surface area contributed by atoms with Crippen molar-refractivity contribution >= 4 is 11.2 Å². The molecular weight excluding hydrogens is 212 g/mol. The van der Waals surface area contributed by atoms with E-state index in [0.29, 0.717) is 0 Å². The van der Waals surface area contributed by atoms with E-state index in [-0.39, 0.29) is 0 Å². The minimum Gasteiger partial charge on any atom is -0.388 e. The molecule has 0 unspecified atom stereocenters. The Morgan fingerprint density at radius 2 is 2.18 bits per heavy atom. The van der Waals surface area contributed by atoms with Gasteiger partial charge in [0.1, 0.15) is 5.82 Å². The lowest BCUT2D eigenvalue weighted by atomic mass is 10.2. The largest absolute Gasteiger partial charge is 0.388 e. The first-order chi connectivity index (χ1) is 8.38. The highest BCUT2D eigenvalue weighted by molar-refractivity contribution is 5.65.